The third-order valence-electron chi connectivity index (χ3n) is 3.63. The van der Waals surface area contributed by atoms with Crippen molar-refractivity contribution in [3.05, 3.63) is 22.1 Å². The van der Waals surface area contributed by atoms with Gasteiger partial charge in [0.25, 0.3) is 5.56 Å². The first-order valence-corrected chi connectivity index (χ1v) is 7.84. The molecule has 0 saturated carbocycles. The summed E-state index contributed by atoms with van der Waals surface area (Å²) in [6.45, 7) is 5.24. The highest BCUT2D eigenvalue weighted by atomic mass is 16.5. The summed E-state index contributed by atoms with van der Waals surface area (Å²) in [5.41, 5.74) is 0.521. The van der Waals surface area contributed by atoms with Crippen LogP contribution in [0.2, 0.25) is 0 Å². The Labute approximate surface area is 135 Å². The minimum Gasteiger partial charge on any atom is -0.383 e. The van der Waals surface area contributed by atoms with E-state index in [0.717, 1.165) is 5.69 Å². The molecular formula is C15H24N4O4. The summed E-state index contributed by atoms with van der Waals surface area (Å²) in [5.74, 6) is 0.309. The Hall–Kier alpha value is -1.93. The van der Waals surface area contributed by atoms with Crippen molar-refractivity contribution in [1.29, 1.82) is 0 Å². The average Bonchev–Trinajstić information content (AvgIpc) is 2.57. The number of anilines is 1. The van der Waals surface area contributed by atoms with Gasteiger partial charge in [-0.3, -0.25) is 14.2 Å². The lowest BCUT2D eigenvalue weighted by atomic mass is 10.3. The average molecular weight is 324 g/mol. The molecule has 1 aliphatic heterocycles. The van der Waals surface area contributed by atoms with E-state index in [1.165, 1.54) is 10.6 Å². The van der Waals surface area contributed by atoms with Gasteiger partial charge in [-0.25, -0.2) is 4.98 Å². The van der Waals surface area contributed by atoms with Crippen molar-refractivity contribution in [1.82, 2.24) is 14.9 Å². The number of carbonyl (C=O) groups is 1. The van der Waals surface area contributed by atoms with Gasteiger partial charge in [0.05, 0.1) is 19.8 Å². The molecule has 1 aliphatic rings. The van der Waals surface area contributed by atoms with Crippen LogP contribution in [0.1, 0.15) is 12.6 Å². The number of nitrogens with one attached hydrogen (secondary N) is 1. The van der Waals surface area contributed by atoms with E-state index in [2.05, 4.69) is 10.3 Å². The maximum absolute atomic E-state index is 12.4. The lowest BCUT2D eigenvalue weighted by Gasteiger charge is -2.29. The fraction of sp³-hybridized carbons (Fsp3) is 0.667. The second-order valence-electron chi connectivity index (χ2n) is 5.27. The lowest BCUT2D eigenvalue weighted by molar-refractivity contribution is -0.121. The van der Waals surface area contributed by atoms with E-state index in [9.17, 15) is 9.59 Å². The number of aromatic nitrogens is 2. The minimum atomic E-state index is -0.232. The van der Waals surface area contributed by atoms with Crippen LogP contribution >= 0.6 is 0 Å². The molecular weight excluding hydrogens is 300 g/mol. The predicted molar refractivity (Wildman–Crippen MR) is 85.8 cm³/mol. The molecule has 1 aromatic heterocycles. The first kappa shape index (κ1) is 17.4. The van der Waals surface area contributed by atoms with Crippen LogP contribution in [0.5, 0.6) is 0 Å². The summed E-state index contributed by atoms with van der Waals surface area (Å²) in [5, 5.41) is 2.72. The van der Waals surface area contributed by atoms with Gasteiger partial charge in [0.1, 0.15) is 6.54 Å². The molecule has 0 spiro atoms. The van der Waals surface area contributed by atoms with Crippen molar-refractivity contribution in [3.63, 3.8) is 0 Å². The molecule has 2 rings (SSSR count). The minimum absolute atomic E-state index is 0.0494. The Kier molecular flexibility index (Phi) is 6.54. The standard InChI is InChI=1S/C15H24N4O4/c1-3-12-10-14(21)19(11-13(20)16-4-7-22-2)15(17-12)18-5-8-23-9-6-18/h10H,3-9,11H2,1-2H3,(H,16,20). The number of aryl methyl sites for hydroxylation is 1. The summed E-state index contributed by atoms with van der Waals surface area (Å²) < 4.78 is 11.7. The zero-order valence-corrected chi connectivity index (χ0v) is 13.7. The van der Waals surface area contributed by atoms with Crippen LogP contribution in [-0.4, -0.2) is 62.0 Å². The molecule has 8 heteroatoms. The van der Waals surface area contributed by atoms with Crippen molar-refractivity contribution in [2.45, 2.75) is 19.9 Å². The van der Waals surface area contributed by atoms with E-state index in [1.54, 1.807) is 7.11 Å². The SMILES string of the molecule is CCc1cc(=O)n(CC(=O)NCCOC)c(N2CCOCC2)n1. The van der Waals surface area contributed by atoms with Gasteiger partial charge in [0.15, 0.2) is 0 Å². The van der Waals surface area contributed by atoms with E-state index < -0.39 is 0 Å². The Balaban J connectivity index is 2.22. The Morgan fingerprint density at radius 2 is 2.17 bits per heavy atom. The van der Waals surface area contributed by atoms with Crippen LogP contribution in [0, 0.1) is 0 Å². The van der Waals surface area contributed by atoms with Crippen LogP contribution < -0.4 is 15.8 Å². The van der Waals surface area contributed by atoms with Gasteiger partial charge >= 0.3 is 0 Å². The number of carbonyl (C=O) groups excluding carboxylic acids is 1. The third-order valence-corrected chi connectivity index (χ3v) is 3.63. The first-order chi connectivity index (χ1) is 11.2. The van der Waals surface area contributed by atoms with Crippen molar-refractivity contribution in [3.8, 4) is 0 Å². The molecule has 2 heterocycles. The number of hydrogen-bond donors (Lipinski definition) is 1. The predicted octanol–water partition coefficient (Wildman–Crippen LogP) is -0.595. The molecule has 0 aliphatic carbocycles. The summed E-state index contributed by atoms with van der Waals surface area (Å²) >= 11 is 0. The monoisotopic (exact) mass is 324 g/mol. The van der Waals surface area contributed by atoms with Gasteiger partial charge in [-0.15, -0.1) is 0 Å². The van der Waals surface area contributed by atoms with Crippen LogP contribution in [0.25, 0.3) is 0 Å². The molecule has 1 N–H and O–H groups in total. The maximum Gasteiger partial charge on any atom is 0.255 e. The van der Waals surface area contributed by atoms with E-state index in [4.69, 9.17) is 9.47 Å². The highest BCUT2D eigenvalue weighted by Gasteiger charge is 2.19. The number of rotatable bonds is 7. The van der Waals surface area contributed by atoms with Crippen molar-refractivity contribution in [2.75, 3.05) is 51.5 Å². The van der Waals surface area contributed by atoms with Gasteiger partial charge in [-0.1, -0.05) is 6.92 Å². The topological polar surface area (TPSA) is 85.7 Å². The zero-order chi connectivity index (χ0) is 16.7. The molecule has 1 saturated heterocycles. The fourth-order valence-electron chi connectivity index (χ4n) is 2.37. The van der Waals surface area contributed by atoms with E-state index >= 15 is 0 Å². The number of hydrogen-bond acceptors (Lipinski definition) is 6. The van der Waals surface area contributed by atoms with Gasteiger partial charge in [-0.2, -0.15) is 0 Å². The molecule has 0 unspecified atom stereocenters. The molecule has 0 atom stereocenters. The van der Waals surface area contributed by atoms with Gasteiger partial charge in [0, 0.05) is 38.5 Å². The maximum atomic E-state index is 12.4. The van der Waals surface area contributed by atoms with Gasteiger partial charge < -0.3 is 19.7 Å². The van der Waals surface area contributed by atoms with E-state index in [1.807, 2.05) is 11.8 Å². The number of amides is 1. The molecule has 1 fully saturated rings. The van der Waals surface area contributed by atoms with Crippen LogP contribution in [0.4, 0.5) is 5.95 Å². The van der Waals surface area contributed by atoms with Crippen molar-refractivity contribution in [2.24, 2.45) is 0 Å². The third kappa shape index (κ3) is 4.77. The second-order valence-corrected chi connectivity index (χ2v) is 5.27. The molecule has 128 valence electrons. The molecule has 0 radical (unpaired) electrons. The van der Waals surface area contributed by atoms with Crippen molar-refractivity contribution < 1.29 is 14.3 Å². The number of nitrogens with zero attached hydrogens (tertiary/aromatic N) is 3. The zero-order valence-electron chi connectivity index (χ0n) is 13.7. The number of methoxy groups -OCH3 is 1. The van der Waals surface area contributed by atoms with Gasteiger partial charge in [0.2, 0.25) is 11.9 Å². The van der Waals surface area contributed by atoms with E-state index in [-0.39, 0.29) is 18.0 Å². The summed E-state index contributed by atoms with van der Waals surface area (Å²) in [4.78, 5) is 31.0. The molecule has 1 amide bonds. The normalized spacial score (nSPS) is 14.8. The Morgan fingerprint density at radius 3 is 2.83 bits per heavy atom. The quantitative estimate of drug-likeness (QED) is 0.675. The molecule has 23 heavy (non-hydrogen) atoms. The van der Waals surface area contributed by atoms with Crippen LogP contribution in [0.3, 0.4) is 0 Å². The Morgan fingerprint density at radius 1 is 1.43 bits per heavy atom. The summed E-state index contributed by atoms with van der Waals surface area (Å²) in [6, 6.07) is 1.49. The van der Waals surface area contributed by atoms with Crippen LogP contribution in [-0.2, 0) is 27.2 Å². The molecule has 8 nitrogen and oxygen atoms in total. The lowest BCUT2D eigenvalue weighted by Crippen LogP contribution is -2.42. The molecule has 0 bridgehead atoms. The fourth-order valence-corrected chi connectivity index (χ4v) is 2.37. The summed E-state index contributed by atoms with van der Waals surface area (Å²) in [6.07, 6.45) is 0.674. The molecule has 0 aromatic carbocycles. The first-order valence-electron chi connectivity index (χ1n) is 7.84. The number of morpholine rings is 1. The van der Waals surface area contributed by atoms with Gasteiger partial charge in [-0.05, 0) is 6.42 Å². The van der Waals surface area contributed by atoms with Crippen LogP contribution in [0.15, 0.2) is 10.9 Å². The van der Waals surface area contributed by atoms with Crippen molar-refractivity contribution >= 4 is 11.9 Å². The Bertz CT molecular complexity index is 581. The summed E-state index contributed by atoms with van der Waals surface area (Å²) in [7, 11) is 1.57. The molecule has 1 aromatic rings. The highest BCUT2D eigenvalue weighted by molar-refractivity contribution is 5.76. The van der Waals surface area contributed by atoms with E-state index in [0.29, 0.717) is 51.8 Å². The number of ether oxygens (including phenoxy) is 2. The second kappa shape index (κ2) is 8.64. The smallest absolute Gasteiger partial charge is 0.255 e. The highest BCUT2D eigenvalue weighted by Crippen LogP contribution is 2.12. The largest absolute Gasteiger partial charge is 0.383 e.